The SMILES string of the molecule is CC(C(=O)N1CCC(c2cc3ccccc3[nH]2)CC1)N1C(=O)NC2(CCCC2)C1=O. The highest BCUT2D eigenvalue weighted by Gasteiger charge is 2.54. The highest BCUT2D eigenvalue weighted by molar-refractivity contribution is 6.10. The highest BCUT2D eigenvalue weighted by atomic mass is 16.2. The number of H-pyrrole nitrogens is 1. The number of aromatic nitrogens is 1. The number of nitrogens with zero attached hydrogens (tertiary/aromatic N) is 2. The van der Waals surface area contributed by atoms with Crippen LogP contribution in [0.4, 0.5) is 4.79 Å². The van der Waals surface area contributed by atoms with Gasteiger partial charge in [-0.2, -0.15) is 0 Å². The van der Waals surface area contributed by atoms with Gasteiger partial charge in [0.15, 0.2) is 0 Å². The maximum atomic E-state index is 13.1. The smallest absolute Gasteiger partial charge is 0.325 e. The van der Waals surface area contributed by atoms with E-state index in [9.17, 15) is 14.4 Å². The van der Waals surface area contributed by atoms with Crippen LogP contribution in [0.2, 0.25) is 0 Å². The summed E-state index contributed by atoms with van der Waals surface area (Å²) in [6, 6.07) is 9.26. The van der Waals surface area contributed by atoms with Crippen LogP contribution in [-0.4, -0.2) is 57.3 Å². The lowest BCUT2D eigenvalue weighted by Gasteiger charge is -2.35. The molecule has 0 bridgehead atoms. The van der Waals surface area contributed by atoms with Gasteiger partial charge in [-0.05, 0) is 50.1 Å². The van der Waals surface area contributed by atoms with Crippen LogP contribution in [0.5, 0.6) is 0 Å². The van der Waals surface area contributed by atoms with E-state index in [1.54, 1.807) is 6.92 Å². The minimum atomic E-state index is -0.770. The van der Waals surface area contributed by atoms with Crippen molar-refractivity contribution < 1.29 is 14.4 Å². The van der Waals surface area contributed by atoms with Gasteiger partial charge in [0.2, 0.25) is 5.91 Å². The first-order valence-electron chi connectivity index (χ1n) is 11.0. The topological polar surface area (TPSA) is 85.5 Å². The fraction of sp³-hybridized carbons (Fsp3) is 0.522. The monoisotopic (exact) mass is 408 g/mol. The molecule has 7 nitrogen and oxygen atoms in total. The average molecular weight is 409 g/mol. The van der Waals surface area contributed by atoms with Gasteiger partial charge in [-0.25, -0.2) is 9.69 Å². The zero-order valence-corrected chi connectivity index (χ0v) is 17.3. The van der Waals surface area contributed by atoms with E-state index < -0.39 is 17.6 Å². The van der Waals surface area contributed by atoms with Crippen molar-refractivity contribution in [1.82, 2.24) is 20.1 Å². The van der Waals surface area contributed by atoms with Crippen LogP contribution in [0.25, 0.3) is 10.9 Å². The number of carbonyl (C=O) groups is 3. The summed E-state index contributed by atoms with van der Waals surface area (Å²) in [7, 11) is 0. The maximum Gasteiger partial charge on any atom is 0.325 e. The normalized spacial score (nSPS) is 22.8. The Bertz CT molecular complexity index is 966. The number of hydrogen-bond donors (Lipinski definition) is 2. The molecule has 2 saturated heterocycles. The van der Waals surface area contributed by atoms with Gasteiger partial charge >= 0.3 is 6.03 Å². The van der Waals surface area contributed by atoms with E-state index in [1.807, 2.05) is 17.0 Å². The van der Waals surface area contributed by atoms with Crippen LogP contribution >= 0.6 is 0 Å². The minimum absolute atomic E-state index is 0.136. The standard InChI is InChI=1S/C23H28N4O3/c1-15(27-21(29)23(25-22(27)30)10-4-5-11-23)20(28)26-12-8-16(9-13-26)19-14-17-6-2-3-7-18(17)24-19/h2-3,6-7,14-16,24H,4-5,8-13H2,1H3,(H,25,30). The van der Waals surface area contributed by atoms with Crippen LogP contribution in [0.15, 0.2) is 30.3 Å². The molecular weight excluding hydrogens is 380 g/mol. The summed E-state index contributed by atoms with van der Waals surface area (Å²) in [6.45, 7) is 2.95. The molecule has 1 unspecified atom stereocenters. The number of carbonyl (C=O) groups excluding carboxylic acids is 3. The zero-order valence-electron chi connectivity index (χ0n) is 17.3. The number of benzene rings is 1. The second kappa shape index (κ2) is 7.15. The van der Waals surface area contributed by atoms with E-state index in [4.69, 9.17) is 0 Å². The van der Waals surface area contributed by atoms with E-state index in [0.717, 1.165) is 36.1 Å². The molecule has 1 aromatic carbocycles. The number of amides is 4. The third-order valence-corrected chi connectivity index (χ3v) is 7.19. The van der Waals surface area contributed by atoms with Crippen LogP contribution in [0, 0.1) is 0 Å². The summed E-state index contributed by atoms with van der Waals surface area (Å²) >= 11 is 0. The molecule has 30 heavy (non-hydrogen) atoms. The van der Waals surface area contributed by atoms with Gasteiger partial charge in [-0.3, -0.25) is 9.59 Å². The number of likely N-dealkylation sites (tertiary alicyclic amines) is 1. The van der Waals surface area contributed by atoms with Gasteiger partial charge in [0.25, 0.3) is 5.91 Å². The lowest BCUT2D eigenvalue weighted by molar-refractivity contribution is -0.143. The molecule has 1 aliphatic carbocycles. The molecule has 7 heteroatoms. The summed E-state index contributed by atoms with van der Waals surface area (Å²) < 4.78 is 0. The molecule has 0 radical (unpaired) electrons. The molecule has 1 spiro atoms. The van der Waals surface area contributed by atoms with Crippen molar-refractivity contribution in [3.05, 3.63) is 36.0 Å². The van der Waals surface area contributed by atoms with Crippen molar-refractivity contribution in [2.45, 2.75) is 62.9 Å². The van der Waals surface area contributed by atoms with E-state index in [2.05, 4.69) is 28.5 Å². The third-order valence-electron chi connectivity index (χ3n) is 7.19. The number of nitrogens with one attached hydrogen (secondary N) is 2. The number of rotatable bonds is 3. The van der Waals surface area contributed by atoms with Crippen LogP contribution in [-0.2, 0) is 9.59 Å². The Hall–Kier alpha value is -2.83. The van der Waals surface area contributed by atoms with Crippen molar-refractivity contribution in [3.8, 4) is 0 Å². The molecule has 4 amide bonds. The van der Waals surface area contributed by atoms with Crippen molar-refractivity contribution in [1.29, 1.82) is 0 Å². The predicted octanol–water partition coefficient (Wildman–Crippen LogP) is 3.13. The van der Waals surface area contributed by atoms with Crippen LogP contribution in [0.1, 0.15) is 57.1 Å². The average Bonchev–Trinajstić information content (AvgIpc) is 3.46. The number of imide groups is 1. The molecular formula is C23H28N4O3. The second-order valence-electron chi connectivity index (χ2n) is 8.98. The molecule has 3 heterocycles. The Morgan fingerprint density at radius 1 is 1.13 bits per heavy atom. The number of para-hydroxylation sites is 1. The molecule has 158 valence electrons. The van der Waals surface area contributed by atoms with Gasteiger partial charge in [0, 0.05) is 30.2 Å². The number of aromatic amines is 1. The number of fused-ring (bicyclic) bond motifs is 1. The lowest BCUT2D eigenvalue weighted by Crippen LogP contribution is -2.52. The van der Waals surface area contributed by atoms with Gasteiger partial charge in [-0.15, -0.1) is 0 Å². The maximum absolute atomic E-state index is 13.1. The van der Waals surface area contributed by atoms with Gasteiger partial charge in [-0.1, -0.05) is 31.0 Å². The van der Waals surface area contributed by atoms with Crippen molar-refractivity contribution >= 4 is 28.7 Å². The molecule has 2 aliphatic heterocycles. The Morgan fingerprint density at radius 2 is 1.83 bits per heavy atom. The zero-order chi connectivity index (χ0) is 20.9. The molecule has 1 saturated carbocycles. The Balaban J connectivity index is 1.24. The number of piperidine rings is 1. The van der Waals surface area contributed by atoms with Crippen molar-refractivity contribution in [3.63, 3.8) is 0 Å². The summed E-state index contributed by atoms with van der Waals surface area (Å²) in [5, 5.41) is 4.08. The van der Waals surface area contributed by atoms with Crippen LogP contribution in [0.3, 0.4) is 0 Å². The highest BCUT2D eigenvalue weighted by Crippen LogP contribution is 2.36. The Morgan fingerprint density at radius 3 is 2.53 bits per heavy atom. The minimum Gasteiger partial charge on any atom is -0.358 e. The summed E-state index contributed by atoms with van der Waals surface area (Å²) in [5.41, 5.74) is 1.58. The molecule has 3 aliphatic rings. The van der Waals surface area contributed by atoms with E-state index in [0.29, 0.717) is 31.8 Å². The number of hydrogen-bond acceptors (Lipinski definition) is 3. The fourth-order valence-electron chi connectivity index (χ4n) is 5.41. The Labute approximate surface area is 175 Å². The van der Waals surface area contributed by atoms with Gasteiger partial charge in [0.05, 0.1) is 0 Å². The summed E-state index contributed by atoms with van der Waals surface area (Å²) in [5.74, 6) is 0.0256. The summed E-state index contributed by atoms with van der Waals surface area (Å²) in [6.07, 6.45) is 4.95. The van der Waals surface area contributed by atoms with E-state index in [-0.39, 0.29) is 11.8 Å². The fourth-order valence-corrected chi connectivity index (χ4v) is 5.41. The Kier molecular flexibility index (Phi) is 4.56. The van der Waals surface area contributed by atoms with Gasteiger partial charge < -0.3 is 15.2 Å². The quantitative estimate of drug-likeness (QED) is 0.765. The van der Waals surface area contributed by atoms with Crippen molar-refractivity contribution in [2.75, 3.05) is 13.1 Å². The molecule has 5 rings (SSSR count). The third kappa shape index (κ3) is 2.99. The molecule has 2 aromatic rings. The molecule has 3 fully saturated rings. The number of urea groups is 1. The second-order valence-corrected chi connectivity index (χ2v) is 8.98. The molecule has 1 aromatic heterocycles. The first-order chi connectivity index (χ1) is 14.5. The van der Waals surface area contributed by atoms with Crippen molar-refractivity contribution in [2.24, 2.45) is 0 Å². The molecule has 1 atom stereocenters. The van der Waals surface area contributed by atoms with E-state index >= 15 is 0 Å². The van der Waals surface area contributed by atoms with Gasteiger partial charge in [0.1, 0.15) is 11.6 Å². The lowest BCUT2D eigenvalue weighted by atomic mass is 9.93. The first kappa shape index (κ1) is 19.2. The van der Waals surface area contributed by atoms with Crippen LogP contribution < -0.4 is 5.32 Å². The predicted molar refractivity (Wildman–Crippen MR) is 113 cm³/mol. The van der Waals surface area contributed by atoms with E-state index in [1.165, 1.54) is 11.1 Å². The summed E-state index contributed by atoms with van der Waals surface area (Å²) in [4.78, 5) is 45.1. The first-order valence-corrected chi connectivity index (χ1v) is 11.0. The largest absolute Gasteiger partial charge is 0.358 e. The molecule has 2 N–H and O–H groups in total.